The van der Waals surface area contributed by atoms with Gasteiger partial charge in [-0.25, -0.2) is 0 Å². The van der Waals surface area contributed by atoms with Crippen molar-refractivity contribution in [2.24, 2.45) is 0 Å². The lowest BCUT2D eigenvalue weighted by Gasteiger charge is -2.38. The van der Waals surface area contributed by atoms with Crippen LogP contribution in [-0.2, 0) is 6.42 Å². The van der Waals surface area contributed by atoms with E-state index >= 15 is 0 Å². The molecule has 0 unspecified atom stereocenters. The minimum atomic E-state index is -0.271. The van der Waals surface area contributed by atoms with Crippen molar-refractivity contribution < 1.29 is 14.4 Å². The first-order chi connectivity index (χ1) is 17.4. The summed E-state index contributed by atoms with van der Waals surface area (Å²) >= 11 is 0. The van der Waals surface area contributed by atoms with Crippen molar-refractivity contribution in [3.05, 3.63) is 106 Å². The van der Waals surface area contributed by atoms with Crippen LogP contribution in [-0.4, -0.2) is 52.0 Å². The molecule has 2 aliphatic heterocycles. The van der Waals surface area contributed by atoms with Crippen LogP contribution >= 0.6 is 0 Å². The normalized spacial score (nSPS) is 17.5. The second-order valence-electron chi connectivity index (χ2n) is 9.80. The minimum Gasteiger partial charge on any atom is -0.358 e. The molecular weight excluding hydrogens is 450 g/mol. The monoisotopic (exact) mass is 477 g/mol. The molecule has 6 rings (SSSR count). The maximum absolute atomic E-state index is 13.7. The summed E-state index contributed by atoms with van der Waals surface area (Å²) in [6.45, 7) is 5.07. The molecular formula is C30H27N3O3. The molecule has 0 fully saturated rings. The Labute approximate surface area is 209 Å². The number of nitrogens with zero attached hydrogens (tertiary/aromatic N) is 2. The fourth-order valence-electron chi connectivity index (χ4n) is 5.75. The highest BCUT2D eigenvalue weighted by molar-refractivity contribution is 6.21. The summed E-state index contributed by atoms with van der Waals surface area (Å²) in [5.74, 6) is -0.505. The van der Waals surface area contributed by atoms with E-state index in [1.165, 1.54) is 10.5 Å². The highest BCUT2D eigenvalue weighted by Gasteiger charge is 2.39. The van der Waals surface area contributed by atoms with Gasteiger partial charge in [0.15, 0.2) is 5.78 Å². The molecule has 6 nitrogen and oxygen atoms in total. The number of carbonyl (C=O) groups is 3. The highest BCUT2D eigenvalue weighted by Crippen LogP contribution is 2.34. The van der Waals surface area contributed by atoms with E-state index < -0.39 is 0 Å². The number of hydrogen-bond donors (Lipinski definition) is 1. The maximum Gasteiger partial charge on any atom is 0.261 e. The number of aromatic amines is 1. The van der Waals surface area contributed by atoms with Gasteiger partial charge in [0.25, 0.3) is 11.8 Å². The van der Waals surface area contributed by atoms with Crippen molar-refractivity contribution in [1.82, 2.24) is 14.8 Å². The lowest BCUT2D eigenvalue weighted by atomic mass is 9.91. The van der Waals surface area contributed by atoms with Gasteiger partial charge < -0.3 is 4.98 Å². The van der Waals surface area contributed by atoms with E-state index in [1.807, 2.05) is 38.1 Å². The molecule has 1 atom stereocenters. The quantitative estimate of drug-likeness (QED) is 0.329. The van der Waals surface area contributed by atoms with Crippen LogP contribution in [0.3, 0.4) is 0 Å². The topological polar surface area (TPSA) is 73.5 Å². The third-order valence-corrected chi connectivity index (χ3v) is 7.52. The van der Waals surface area contributed by atoms with E-state index in [9.17, 15) is 14.4 Å². The smallest absolute Gasteiger partial charge is 0.261 e. The van der Waals surface area contributed by atoms with Crippen LogP contribution in [0.15, 0.2) is 66.7 Å². The number of Topliss-reactive ketones (excluding diaryl/α,β-unsaturated/α-hetero) is 1. The van der Waals surface area contributed by atoms with Gasteiger partial charge in [-0.15, -0.1) is 0 Å². The molecule has 4 aromatic rings. The van der Waals surface area contributed by atoms with Gasteiger partial charge in [-0.3, -0.25) is 24.2 Å². The van der Waals surface area contributed by atoms with Crippen molar-refractivity contribution in [1.29, 1.82) is 0 Å². The van der Waals surface area contributed by atoms with Crippen molar-refractivity contribution in [2.75, 3.05) is 19.6 Å². The number of hydrogen-bond acceptors (Lipinski definition) is 4. The number of aryl methyl sites for hydroxylation is 2. The summed E-state index contributed by atoms with van der Waals surface area (Å²) in [5.41, 5.74) is 6.82. The molecule has 36 heavy (non-hydrogen) atoms. The fraction of sp³-hybridized carbons (Fsp3) is 0.233. The molecule has 1 aromatic heterocycles. The van der Waals surface area contributed by atoms with Crippen molar-refractivity contribution in [3.63, 3.8) is 0 Å². The van der Waals surface area contributed by atoms with Gasteiger partial charge in [-0.1, -0.05) is 48.5 Å². The number of nitrogens with one attached hydrogen (secondary N) is 1. The molecule has 180 valence electrons. The third-order valence-electron chi connectivity index (χ3n) is 7.52. The lowest BCUT2D eigenvalue weighted by Crippen LogP contribution is -2.45. The summed E-state index contributed by atoms with van der Waals surface area (Å²) < 4.78 is 0. The summed E-state index contributed by atoms with van der Waals surface area (Å²) in [6, 6.07) is 20.9. The van der Waals surface area contributed by atoms with Crippen molar-refractivity contribution >= 4 is 28.5 Å². The first-order valence-electron chi connectivity index (χ1n) is 12.3. The minimum absolute atomic E-state index is 0.0364. The molecule has 0 spiro atoms. The van der Waals surface area contributed by atoms with Gasteiger partial charge in [-0.2, -0.15) is 0 Å². The average Bonchev–Trinajstić information content (AvgIpc) is 3.33. The zero-order valence-corrected chi connectivity index (χ0v) is 20.4. The van der Waals surface area contributed by atoms with Gasteiger partial charge in [0.05, 0.1) is 23.7 Å². The number of amides is 2. The maximum atomic E-state index is 13.7. The van der Waals surface area contributed by atoms with Gasteiger partial charge in [0.2, 0.25) is 0 Å². The molecule has 0 aliphatic carbocycles. The standard InChI is InChI=1S/C30H27N3O3/c1-18-11-12-24-25(15-18)31-19(2)28(24)27(34)17-32-14-13-20-7-3-4-8-21(20)26(32)16-33-29(35)22-9-5-6-10-23(22)30(33)36/h3-12,15,26,31H,13-14,16-17H2,1-2H3/t26-/m0/s1. The van der Waals surface area contributed by atoms with Crippen LogP contribution in [0, 0.1) is 13.8 Å². The summed E-state index contributed by atoms with van der Waals surface area (Å²) in [7, 11) is 0. The Balaban J connectivity index is 1.33. The molecule has 0 saturated carbocycles. The van der Waals surface area contributed by atoms with E-state index in [2.05, 4.69) is 28.1 Å². The molecule has 2 aliphatic rings. The molecule has 3 heterocycles. The fourth-order valence-corrected chi connectivity index (χ4v) is 5.75. The van der Waals surface area contributed by atoms with Crippen LogP contribution in [0.25, 0.3) is 10.9 Å². The van der Waals surface area contributed by atoms with Gasteiger partial charge in [0.1, 0.15) is 0 Å². The van der Waals surface area contributed by atoms with Crippen LogP contribution < -0.4 is 0 Å². The predicted octanol–water partition coefficient (Wildman–Crippen LogP) is 4.86. The van der Waals surface area contributed by atoms with Crippen LogP contribution in [0.4, 0.5) is 0 Å². The first kappa shape index (κ1) is 22.4. The summed E-state index contributed by atoms with van der Waals surface area (Å²) in [6.07, 6.45) is 0.814. The summed E-state index contributed by atoms with van der Waals surface area (Å²) in [4.78, 5) is 46.8. The second-order valence-corrected chi connectivity index (χ2v) is 9.80. The number of imide groups is 1. The van der Waals surface area contributed by atoms with E-state index in [0.717, 1.165) is 34.1 Å². The number of carbonyl (C=O) groups excluding carboxylic acids is 3. The average molecular weight is 478 g/mol. The Kier molecular flexibility index (Phi) is 5.34. The van der Waals surface area contributed by atoms with E-state index in [4.69, 9.17) is 0 Å². The number of ketones is 1. The van der Waals surface area contributed by atoms with E-state index in [0.29, 0.717) is 23.2 Å². The largest absolute Gasteiger partial charge is 0.358 e. The molecule has 0 saturated heterocycles. The Hall–Kier alpha value is -4.03. The Morgan fingerprint density at radius 1 is 0.944 bits per heavy atom. The zero-order chi connectivity index (χ0) is 25.0. The van der Waals surface area contributed by atoms with Crippen molar-refractivity contribution in [3.8, 4) is 0 Å². The van der Waals surface area contributed by atoms with E-state index in [-0.39, 0.29) is 36.7 Å². The van der Waals surface area contributed by atoms with Crippen LogP contribution in [0.1, 0.15) is 59.5 Å². The zero-order valence-electron chi connectivity index (χ0n) is 20.4. The molecule has 0 radical (unpaired) electrons. The number of H-pyrrole nitrogens is 1. The molecule has 3 aromatic carbocycles. The lowest BCUT2D eigenvalue weighted by molar-refractivity contribution is 0.0574. The number of benzene rings is 3. The third kappa shape index (κ3) is 3.57. The van der Waals surface area contributed by atoms with Crippen LogP contribution in [0.5, 0.6) is 0 Å². The van der Waals surface area contributed by atoms with Gasteiger partial charge in [-0.05, 0) is 55.2 Å². The number of fused-ring (bicyclic) bond motifs is 3. The highest BCUT2D eigenvalue weighted by atomic mass is 16.2. The molecule has 6 heteroatoms. The molecule has 1 N–H and O–H groups in total. The van der Waals surface area contributed by atoms with Crippen LogP contribution in [0.2, 0.25) is 0 Å². The molecule has 2 amide bonds. The second kappa shape index (κ2) is 8.57. The number of rotatable bonds is 5. The molecule has 0 bridgehead atoms. The van der Waals surface area contributed by atoms with Gasteiger partial charge in [0, 0.05) is 35.2 Å². The first-order valence-corrected chi connectivity index (χ1v) is 12.3. The Morgan fingerprint density at radius 3 is 2.39 bits per heavy atom. The van der Waals surface area contributed by atoms with E-state index in [1.54, 1.807) is 24.3 Å². The Morgan fingerprint density at radius 2 is 1.64 bits per heavy atom. The van der Waals surface area contributed by atoms with Crippen molar-refractivity contribution in [2.45, 2.75) is 26.3 Å². The SMILES string of the molecule is Cc1ccc2c(C(=O)CN3CCc4ccccc4[C@@H]3CN3C(=O)c4ccccc4C3=O)c(C)[nH]c2c1. The van der Waals surface area contributed by atoms with Gasteiger partial charge >= 0.3 is 0 Å². The summed E-state index contributed by atoms with van der Waals surface area (Å²) in [5, 5.41) is 0.928. The Bertz CT molecular complexity index is 1520. The predicted molar refractivity (Wildman–Crippen MR) is 138 cm³/mol. The number of aromatic nitrogens is 1.